The molecule has 0 spiro atoms. The Kier molecular flexibility index (Phi) is 14.4. The second-order valence-electron chi connectivity index (χ2n) is 12.4. The molecule has 1 atom stereocenters. The molecule has 1 amide bonds. The maximum atomic E-state index is 13.7. The molecule has 1 aliphatic rings. The van der Waals surface area contributed by atoms with Crippen LogP contribution in [-0.2, 0) is 28.7 Å². The fraction of sp³-hybridized carbons (Fsp3) is 0.359. The number of hydrogen-bond donors (Lipinski definition) is 0. The fourth-order valence-electron chi connectivity index (χ4n) is 6.15. The van der Waals surface area contributed by atoms with Crippen LogP contribution in [0.4, 0.5) is 13.2 Å². The molecule has 0 saturated carbocycles. The van der Waals surface area contributed by atoms with Crippen molar-refractivity contribution >= 4 is 29.9 Å². The van der Waals surface area contributed by atoms with E-state index in [4.69, 9.17) is 21.1 Å². The van der Waals surface area contributed by atoms with E-state index in [0.717, 1.165) is 29.2 Å². The first-order chi connectivity index (χ1) is 23.2. The summed E-state index contributed by atoms with van der Waals surface area (Å²) in [5.41, 5.74) is 2.78. The first-order valence-corrected chi connectivity index (χ1v) is 16.8. The lowest BCUT2D eigenvalue weighted by Gasteiger charge is -2.31. The number of hydrogen-bond acceptors (Lipinski definition) is 4. The van der Waals surface area contributed by atoms with Gasteiger partial charge in [-0.25, -0.2) is 0 Å². The number of nitrogens with zero attached hydrogens (tertiary/aromatic N) is 2. The van der Waals surface area contributed by atoms with Crippen molar-refractivity contribution in [3.63, 3.8) is 0 Å². The van der Waals surface area contributed by atoms with Crippen LogP contribution < -0.4 is 4.74 Å². The molecule has 1 aliphatic heterocycles. The average molecular weight is 716 g/mol. The minimum atomic E-state index is -4.54. The standard InChI is InChI=1S/C39H42ClF3N2O3.ClH/c1-29(18-21-48-34-16-8-10-30(24-34)25-37(46)45-19-22-47-23-20-45)26-44(27-33-15-9-17-36(38(33)40)39(41,42)43)28-35(31-11-4-2-5-12-31)32-13-6-3-7-14-32;/h2-17,24,29,35H,18-23,25-28H2,1H3;1H/t29-;/m1./s1. The van der Waals surface area contributed by atoms with Gasteiger partial charge >= 0.3 is 6.18 Å². The van der Waals surface area contributed by atoms with Crippen molar-refractivity contribution < 1.29 is 27.4 Å². The molecule has 0 bridgehead atoms. The summed E-state index contributed by atoms with van der Waals surface area (Å²) < 4.78 is 52.7. The Labute approximate surface area is 298 Å². The molecule has 49 heavy (non-hydrogen) atoms. The molecule has 1 fully saturated rings. The molecule has 4 aromatic carbocycles. The summed E-state index contributed by atoms with van der Waals surface area (Å²) in [5, 5.41) is -0.256. The number of morpholine rings is 1. The van der Waals surface area contributed by atoms with Crippen LogP contribution >= 0.6 is 24.0 Å². The summed E-state index contributed by atoms with van der Waals surface area (Å²) >= 11 is 6.39. The summed E-state index contributed by atoms with van der Waals surface area (Å²) in [6.07, 6.45) is -3.50. The van der Waals surface area contributed by atoms with Crippen molar-refractivity contribution in [1.29, 1.82) is 0 Å². The molecule has 0 aromatic heterocycles. The zero-order valence-corrected chi connectivity index (χ0v) is 29.2. The van der Waals surface area contributed by atoms with Crippen molar-refractivity contribution in [1.82, 2.24) is 9.80 Å². The zero-order valence-electron chi connectivity index (χ0n) is 27.6. The largest absolute Gasteiger partial charge is 0.494 e. The highest BCUT2D eigenvalue weighted by Gasteiger charge is 2.34. The van der Waals surface area contributed by atoms with E-state index in [9.17, 15) is 18.0 Å². The van der Waals surface area contributed by atoms with Gasteiger partial charge in [-0.15, -0.1) is 12.4 Å². The van der Waals surface area contributed by atoms with Crippen LogP contribution in [0.1, 0.15) is 47.1 Å². The molecule has 0 aliphatic carbocycles. The van der Waals surface area contributed by atoms with Crippen LogP contribution in [0.5, 0.6) is 5.75 Å². The molecular weight excluding hydrogens is 672 g/mol. The maximum absolute atomic E-state index is 13.7. The van der Waals surface area contributed by atoms with Gasteiger partial charge < -0.3 is 14.4 Å². The molecule has 0 radical (unpaired) electrons. The quantitative estimate of drug-likeness (QED) is 0.131. The number of halogens is 5. The van der Waals surface area contributed by atoms with Gasteiger partial charge in [-0.05, 0) is 52.8 Å². The van der Waals surface area contributed by atoms with Crippen molar-refractivity contribution in [3.8, 4) is 5.75 Å². The highest BCUT2D eigenvalue weighted by atomic mass is 35.5. The number of benzene rings is 4. The maximum Gasteiger partial charge on any atom is 0.417 e. The number of amides is 1. The van der Waals surface area contributed by atoms with Gasteiger partial charge in [-0.1, -0.05) is 103 Å². The normalized spacial score (nSPS) is 14.1. The number of alkyl halides is 3. The van der Waals surface area contributed by atoms with Gasteiger partial charge in [-0.3, -0.25) is 9.69 Å². The second kappa shape index (κ2) is 18.4. The van der Waals surface area contributed by atoms with E-state index in [2.05, 4.69) is 36.1 Å². The second-order valence-corrected chi connectivity index (χ2v) is 12.8. The number of carbonyl (C=O) groups excluding carboxylic acids is 1. The molecule has 4 aromatic rings. The zero-order chi connectivity index (χ0) is 33.9. The first-order valence-electron chi connectivity index (χ1n) is 16.4. The van der Waals surface area contributed by atoms with Crippen LogP contribution in [-0.4, -0.2) is 61.7 Å². The van der Waals surface area contributed by atoms with Gasteiger partial charge in [0.1, 0.15) is 5.75 Å². The lowest BCUT2D eigenvalue weighted by atomic mass is 9.90. The van der Waals surface area contributed by atoms with Crippen LogP contribution in [0.3, 0.4) is 0 Å². The highest BCUT2D eigenvalue weighted by Crippen LogP contribution is 2.37. The summed E-state index contributed by atoms with van der Waals surface area (Å²) in [6.45, 7) is 6.42. The highest BCUT2D eigenvalue weighted by molar-refractivity contribution is 6.32. The summed E-state index contributed by atoms with van der Waals surface area (Å²) in [5.74, 6) is 0.945. The fourth-order valence-corrected chi connectivity index (χ4v) is 6.44. The van der Waals surface area contributed by atoms with Crippen molar-refractivity contribution in [3.05, 3.63) is 136 Å². The van der Waals surface area contributed by atoms with E-state index in [0.29, 0.717) is 63.7 Å². The molecule has 10 heteroatoms. The molecule has 5 nitrogen and oxygen atoms in total. The third kappa shape index (κ3) is 11.2. The van der Waals surface area contributed by atoms with Crippen LogP contribution in [0, 0.1) is 5.92 Å². The third-order valence-corrected chi connectivity index (χ3v) is 9.14. The Balaban J connectivity index is 0.00000541. The van der Waals surface area contributed by atoms with Crippen LogP contribution in [0.15, 0.2) is 103 Å². The summed E-state index contributed by atoms with van der Waals surface area (Å²) in [4.78, 5) is 16.8. The molecular formula is C39H43Cl2F3N2O3. The van der Waals surface area contributed by atoms with E-state index in [1.54, 1.807) is 6.07 Å². The topological polar surface area (TPSA) is 42.0 Å². The van der Waals surface area contributed by atoms with Gasteiger partial charge in [0, 0.05) is 38.6 Å². The van der Waals surface area contributed by atoms with Gasteiger partial charge in [0.25, 0.3) is 0 Å². The molecule has 1 saturated heterocycles. The van der Waals surface area contributed by atoms with Gasteiger partial charge in [0.05, 0.1) is 36.8 Å². The third-order valence-electron chi connectivity index (χ3n) is 8.69. The average Bonchev–Trinajstić information content (AvgIpc) is 3.09. The first kappa shape index (κ1) is 38.2. The predicted molar refractivity (Wildman–Crippen MR) is 191 cm³/mol. The number of carbonyl (C=O) groups is 1. The summed E-state index contributed by atoms with van der Waals surface area (Å²) in [6, 6.07) is 32.1. The lowest BCUT2D eigenvalue weighted by Crippen LogP contribution is -2.41. The molecule has 0 N–H and O–H groups in total. The van der Waals surface area contributed by atoms with Crippen molar-refractivity contribution in [2.24, 2.45) is 5.92 Å². The van der Waals surface area contributed by atoms with Gasteiger partial charge in [0.2, 0.25) is 5.91 Å². The van der Waals surface area contributed by atoms with Crippen LogP contribution in [0.2, 0.25) is 5.02 Å². The number of rotatable bonds is 14. The van der Waals surface area contributed by atoms with E-state index >= 15 is 0 Å². The van der Waals surface area contributed by atoms with Crippen LogP contribution in [0.25, 0.3) is 0 Å². The Morgan fingerprint density at radius 3 is 2.16 bits per heavy atom. The van der Waals surface area contributed by atoms with Crippen molar-refractivity contribution in [2.45, 2.75) is 38.4 Å². The molecule has 0 unspecified atom stereocenters. The van der Waals surface area contributed by atoms with Crippen molar-refractivity contribution in [2.75, 3.05) is 46.0 Å². The van der Waals surface area contributed by atoms with Gasteiger partial charge in [-0.2, -0.15) is 13.2 Å². The monoisotopic (exact) mass is 714 g/mol. The minimum Gasteiger partial charge on any atom is -0.494 e. The van der Waals surface area contributed by atoms with E-state index in [-0.39, 0.29) is 41.7 Å². The SMILES string of the molecule is C[C@H](CCOc1cccc(CC(=O)N2CCOCC2)c1)CN(Cc1cccc(C(F)(F)F)c1Cl)CC(c1ccccc1)c1ccccc1.Cl. The Hall–Kier alpha value is -3.56. The molecule has 262 valence electrons. The van der Waals surface area contributed by atoms with E-state index in [1.165, 1.54) is 6.07 Å². The smallest absolute Gasteiger partial charge is 0.417 e. The predicted octanol–water partition coefficient (Wildman–Crippen LogP) is 8.92. The Bertz CT molecular complexity index is 1560. The molecule has 5 rings (SSSR count). The number of ether oxygens (including phenoxy) is 2. The Morgan fingerprint density at radius 1 is 0.898 bits per heavy atom. The van der Waals surface area contributed by atoms with E-state index < -0.39 is 11.7 Å². The van der Waals surface area contributed by atoms with E-state index in [1.807, 2.05) is 65.6 Å². The minimum absolute atomic E-state index is 0. The van der Waals surface area contributed by atoms with Gasteiger partial charge in [0.15, 0.2) is 0 Å². The summed E-state index contributed by atoms with van der Waals surface area (Å²) in [7, 11) is 0. The lowest BCUT2D eigenvalue weighted by molar-refractivity contribution is -0.137. The Morgan fingerprint density at radius 2 is 1.53 bits per heavy atom. The molecule has 1 heterocycles.